The highest BCUT2D eigenvalue weighted by Crippen LogP contribution is 2.34. The molecular weight excluding hydrogens is 300 g/mol. The third kappa shape index (κ3) is 3.07. The van der Waals surface area contributed by atoms with Gasteiger partial charge in [-0.2, -0.15) is 0 Å². The third-order valence-electron chi connectivity index (χ3n) is 4.46. The molecule has 1 N–H and O–H groups in total. The molecule has 2 aromatic carbocycles. The van der Waals surface area contributed by atoms with Crippen molar-refractivity contribution in [2.75, 3.05) is 6.54 Å². The van der Waals surface area contributed by atoms with Crippen molar-refractivity contribution < 1.29 is 0 Å². The smallest absolute Gasteiger partial charge is 0.110 e. The highest BCUT2D eigenvalue weighted by Gasteiger charge is 2.23. The van der Waals surface area contributed by atoms with Crippen molar-refractivity contribution in [3.63, 3.8) is 0 Å². The van der Waals surface area contributed by atoms with Crippen LogP contribution in [0.15, 0.2) is 66.0 Å². The maximum atomic E-state index is 5.00. The summed E-state index contributed by atoms with van der Waals surface area (Å²) < 4.78 is 0. The SMILES string of the molecule is c1ccc(C(c2ccccc2)c2csc(C3CCCN3)n2)cc1. The van der Waals surface area contributed by atoms with Gasteiger partial charge in [-0.25, -0.2) is 4.98 Å². The Morgan fingerprint density at radius 3 is 2.17 bits per heavy atom. The predicted octanol–water partition coefficient (Wildman–Crippen LogP) is 4.75. The zero-order valence-corrected chi connectivity index (χ0v) is 13.8. The second-order valence-electron chi connectivity index (χ2n) is 6.01. The van der Waals surface area contributed by atoms with Gasteiger partial charge in [0.15, 0.2) is 0 Å². The number of thiazole rings is 1. The van der Waals surface area contributed by atoms with Gasteiger partial charge in [-0.3, -0.25) is 0 Å². The summed E-state index contributed by atoms with van der Waals surface area (Å²) in [6.45, 7) is 1.11. The van der Waals surface area contributed by atoms with E-state index in [4.69, 9.17) is 4.98 Å². The van der Waals surface area contributed by atoms with Gasteiger partial charge in [-0.1, -0.05) is 60.7 Å². The summed E-state index contributed by atoms with van der Waals surface area (Å²) in [5.74, 6) is 0.212. The maximum Gasteiger partial charge on any atom is 0.110 e. The van der Waals surface area contributed by atoms with E-state index >= 15 is 0 Å². The highest BCUT2D eigenvalue weighted by atomic mass is 32.1. The number of benzene rings is 2. The molecule has 116 valence electrons. The third-order valence-corrected chi connectivity index (χ3v) is 5.44. The monoisotopic (exact) mass is 320 g/mol. The molecule has 2 heterocycles. The van der Waals surface area contributed by atoms with Crippen molar-refractivity contribution >= 4 is 11.3 Å². The molecular formula is C20H20N2S. The molecule has 23 heavy (non-hydrogen) atoms. The van der Waals surface area contributed by atoms with Crippen molar-refractivity contribution in [1.82, 2.24) is 10.3 Å². The fourth-order valence-electron chi connectivity index (χ4n) is 3.31. The molecule has 1 aliphatic rings. The molecule has 2 nitrogen and oxygen atoms in total. The van der Waals surface area contributed by atoms with Crippen LogP contribution in [0, 0.1) is 0 Å². The molecule has 0 amide bonds. The first-order valence-electron chi connectivity index (χ1n) is 8.20. The first-order valence-corrected chi connectivity index (χ1v) is 9.08. The van der Waals surface area contributed by atoms with Crippen LogP contribution in [-0.2, 0) is 0 Å². The summed E-state index contributed by atoms with van der Waals surface area (Å²) in [6.07, 6.45) is 2.45. The number of aromatic nitrogens is 1. The van der Waals surface area contributed by atoms with Crippen molar-refractivity contribution in [3.8, 4) is 0 Å². The highest BCUT2D eigenvalue weighted by molar-refractivity contribution is 7.09. The van der Waals surface area contributed by atoms with Crippen LogP contribution >= 0.6 is 11.3 Å². The number of nitrogens with one attached hydrogen (secondary N) is 1. The van der Waals surface area contributed by atoms with E-state index in [0.717, 1.165) is 12.2 Å². The summed E-state index contributed by atoms with van der Waals surface area (Å²) >= 11 is 1.79. The molecule has 3 aromatic rings. The van der Waals surface area contributed by atoms with Crippen LogP contribution in [-0.4, -0.2) is 11.5 Å². The van der Waals surface area contributed by atoms with Crippen molar-refractivity contribution in [1.29, 1.82) is 0 Å². The van der Waals surface area contributed by atoms with E-state index < -0.39 is 0 Å². The Morgan fingerprint density at radius 1 is 0.957 bits per heavy atom. The molecule has 0 saturated carbocycles. The number of hydrogen-bond acceptors (Lipinski definition) is 3. The van der Waals surface area contributed by atoms with E-state index in [2.05, 4.69) is 71.4 Å². The average Bonchev–Trinajstić information content (AvgIpc) is 3.29. The minimum absolute atomic E-state index is 0.212. The van der Waals surface area contributed by atoms with Gasteiger partial charge in [0.1, 0.15) is 5.01 Å². The first kappa shape index (κ1) is 14.6. The average molecular weight is 320 g/mol. The molecule has 1 atom stereocenters. The summed E-state index contributed by atoms with van der Waals surface area (Å²) in [5, 5.41) is 7.02. The molecule has 0 aliphatic carbocycles. The summed E-state index contributed by atoms with van der Waals surface area (Å²) in [6, 6.07) is 21.8. The van der Waals surface area contributed by atoms with Crippen molar-refractivity contribution in [2.45, 2.75) is 24.8 Å². The van der Waals surface area contributed by atoms with Crippen molar-refractivity contribution in [2.24, 2.45) is 0 Å². The molecule has 4 rings (SSSR count). The molecule has 1 saturated heterocycles. The summed E-state index contributed by atoms with van der Waals surface area (Å²) in [7, 11) is 0. The Bertz CT molecular complexity index is 706. The van der Waals surface area contributed by atoms with E-state index in [1.165, 1.54) is 29.0 Å². The van der Waals surface area contributed by atoms with Crippen LogP contribution < -0.4 is 5.32 Å². The van der Waals surface area contributed by atoms with E-state index in [9.17, 15) is 0 Å². The van der Waals surface area contributed by atoms with Gasteiger partial charge in [-0.05, 0) is 30.5 Å². The van der Waals surface area contributed by atoms with Gasteiger partial charge in [0, 0.05) is 5.38 Å². The zero-order chi connectivity index (χ0) is 15.5. The molecule has 0 spiro atoms. The van der Waals surface area contributed by atoms with Gasteiger partial charge in [0.2, 0.25) is 0 Å². The number of rotatable bonds is 4. The van der Waals surface area contributed by atoms with Crippen LogP contribution in [0.3, 0.4) is 0 Å². The summed E-state index contributed by atoms with van der Waals surface area (Å²) in [4.78, 5) is 5.00. The maximum absolute atomic E-state index is 5.00. The van der Waals surface area contributed by atoms with E-state index in [1.807, 2.05) is 0 Å². The van der Waals surface area contributed by atoms with Gasteiger partial charge in [0.05, 0.1) is 17.7 Å². The second kappa shape index (κ2) is 6.65. The Balaban J connectivity index is 1.73. The summed E-state index contributed by atoms with van der Waals surface area (Å²) in [5.41, 5.74) is 3.76. The molecule has 0 bridgehead atoms. The molecule has 3 heteroatoms. The van der Waals surface area contributed by atoms with Gasteiger partial charge < -0.3 is 5.32 Å². The largest absolute Gasteiger partial charge is 0.308 e. The Hall–Kier alpha value is -1.97. The molecule has 1 fully saturated rings. The topological polar surface area (TPSA) is 24.9 Å². The Labute approximate surface area is 141 Å². The number of hydrogen-bond donors (Lipinski definition) is 1. The predicted molar refractivity (Wildman–Crippen MR) is 95.9 cm³/mol. The zero-order valence-electron chi connectivity index (χ0n) is 13.0. The lowest BCUT2D eigenvalue weighted by Crippen LogP contribution is -2.13. The van der Waals surface area contributed by atoms with Gasteiger partial charge in [-0.15, -0.1) is 11.3 Å². The first-order chi connectivity index (χ1) is 11.4. The standard InChI is InChI=1S/C20H20N2S/c1-3-8-15(9-4-1)19(16-10-5-2-6-11-16)18-14-23-20(22-18)17-12-7-13-21-17/h1-6,8-11,14,17,19,21H,7,12-13H2. The fourth-order valence-corrected chi connectivity index (χ4v) is 4.27. The van der Waals surface area contributed by atoms with Crippen LogP contribution in [0.25, 0.3) is 0 Å². The van der Waals surface area contributed by atoms with Gasteiger partial charge in [0.25, 0.3) is 0 Å². The number of nitrogens with zero attached hydrogens (tertiary/aromatic N) is 1. The Morgan fingerprint density at radius 2 is 1.61 bits per heavy atom. The van der Waals surface area contributed by atoms with E-state index in [0.29, 0.717) is 6.04 Å². The quantitative estimate of drug-likeness (QED) is 0.750. The molecule has 1 unspecified atom stereocenters. The lowest BCUT2D eigenvalue weighted by atomic mass is 9.89. The lowest BCUT2D eigenvalue weighted by molar-refractivity contribution is 0.639. The van der Waals surface area contributed by atoms with Crippen molar-refractivity contribution in [3.05, 3.63) is 87.9 Å². The van der Waals surface area contributed by atoms with Gasteiger partial charge >= 0.3 is 0 Å². The minimum atomic E-state index is 0.212. The van der Waals surface area contributed by atoms with Crippen LogP contribution in [0.4, 0.5) is 0 Å². The fraction of sp³-hybridized carbons (Fsp3) is 0.250. The molecule has 1 aromatic heterocycles. The van der Waals surface area contributed by atoms with Crippen LogP contribution in [0.2, 0.25) is 0 Å². The second-order valence-corrected chi connectivity index (χ2v) is 6.90. The van der Waals surface area contributed by atoms with E-state index in [1.54, 1.807) is 11.3 Å². The Kier molecular flexibility index (Phi) is 4.22. The van der Waals surface area contributed by atoms with E-state index in [-0.39, 0.29) is 5.92 Å². The molecule has 1 aliphatic heterocycles. The molecule has 0 radical (unpaired) electrons. The van der Waals surface area contributed by atoms with Crippen LogP contribution in [0.5, 0.6) is 0 Å². The normalized spacial score (nSPS) is 17.7. The minimum Gasteiger partial charge on any atom is -0.308 e. The lowest BCUT2D eigenvalue weighted by Gasteiger charge is -2.16. The van der Waals surface area contributed by atoms with Crippen LogP contribution in [0.1, 0.15) is 46.6 Å².